The molecule has 0 saturated heterocycles. The molecule has 0 aliphatic rings. The Balaban J connectivity index is 1.84. The first kappa shape index (κ1) is 11.0. The van der Waals surface area contributed by atoms with Crippen LogP contribution in [-0.2, 0) is 0 Å². The zero-order valence-electron chi connectivity index (χ0n) is 10.6. The quantitative estimate of drug-likeness (QED) is 0.553. The summed E-state index contributed by atoms with van der Waals surface area (Å²) in [6, 6.07) is 19.6. The first-order valence-electron chi connectivity index (χ1n) is 6.36. The van der Waals surface area contributed by atoms with E-state index >= 15 is 0 Å². The number of hydrogen-bond donors (Lipinski definition) is 0. The summed E-state index contributed by atoms with van der Waals surface area (Å²) in [4.78, 5) is 1.65. The molecule has 2 aromatic carbocycles. The smallest absolute Gasteiger partial charge is 0.133 e. The van der Waals surface area contributed by atoms with Crippen molar-refractivity contribution in [1.29, 1.82) is 0 Å². The second-order valence-electron chi connectivity index (χ2n) is 4.51. The fraction of sp³-hybridized carbons (Fsp3) is 0. The lowest BCUT2D eigenvalue weighted by molar-refractivity contribution is 0.582. The van der Waals surface area contributed by atoms with Gasteiger partial charge in [-0.25, -0.2) is 0 Å². The van der Waals surface area contributed by atoms with E-state index in [2.05, 4.69) is 10.2 Å². The Labute approximate surface area is 115 Å². The topological polar surface area (TPSA) is 43.9 Å². The van der Waals surface area contributed by atoms with Crippen LogP contribution in [0.25, 0.3) is 28.0 Å². The van der Waals surface area contributed by atoms with Crippen molar-refractivity contribution >= 4 is 11.0 Å². The Morgan fingerprint density at radius 2 is 1.65 bits per heavy atom. The van der Waals surface area contributed by atoms with E-state index in [1.807, 2.05) is 60.7 Å². The van der Waals surface area contributed by atoms with Gasteiger partial charge in [-0.1, -0.05) is 18.2 Å². The van der Waals surface area contributed by atoms with Crippen LogP contribution in [-0.4, -0.2) is 15.0 Å². The molecule has 0 atom stereocenters. The van der Waals surface area contributed by atoms with Gasteiger partial charge < -0.3 is 4.42 Å². The second kappa shape index (κ2) is 4.35. The summed E-state index contributed by atoms with van der Waals surface area (Å²) in [7, 11) is 0. The van der Waals surface area contributed by atoms with E-state index in [0.717, 1.165) is 28.0 Å². The van der Waals surface area contributed by atoms with Crippen molar-refractivity contribution in [1.82, 2.24) is 15.0 Å². The molecule has 0 radical (unpaired) electrons. The van der Waals surface area contributed by atoms with E-state index in [1.165, 1.54) is 0 Å². The molecule has 0 N–H and O–H groups in total. The monoisotopic (exact) mass is 261 g/mol. The van der Waals surface area contributed by atoms with E-state index < -0.39 is 0 Å². The molecule has 0 fully saturated rings. The Bertz CT molecular complexity index is 848. The summed E-state index contributed by atoms with van der Waals surface area (Å²) in [6.07, 6.45) is 1.67. The van der Waals surface area contributed by atoms with Crippen molar-refractivity contribution in [2.75, 3.05) is 0 Å². The molecule has 2 aromatic heterocycles. The molecule has 4 rings (SSSR count). The maximum atomic E-state index is 5.40. The number of benzene rings is 2. The van der Waals surface area contributed by atoms with Gasteiger partial charge in [-0.15, -0.1) is 10.2 Å². The highest BCUT2D eigenvalue weighted by molar-refractivity contribution is 5.80. The van der Waals surface area contributed by atoms with Crippen molar-refractivity contribution in [3.63, 3.8) is 0 Å². The number of para-hydroxylation sites is 1. The van der Waals surface area contributed by atoms with E-state index in [0.29, 0.717) is 0 Å². The van der Waals surface area contributed by atoms with Crippen LogP contribution in [0.5, 0.6) is 0 Å². The lowest BCUT2D eigenvalue weighted by Crippen LogP contribution is -1.97. The predicted octanol–water partition coefficient (Wildman–Crippen LogP) is 3.68. The summed E-state index contributed by atoms with van der Waals surface area (Å²) >= 11 is 0. The number of aromatic nitrogens is 3. The minimum absolute atomic E-state index is 0.834. The lowest BCUT2D eigenvalue weighted by Gasteiger charge is -1.96. The zero-order valence-corrected chi connectivity index (χ0v) is 10.6. The number of rotatable bonds is 2. The van der Waals surface area contributed by atoms with Crippen molar-refractivity contribution in [2.24, 2.45) is 0 Å². The highest BCUT2D eigenvalue weighted by Gasteiger charge is 2.07. The number of fused-ring (bicyclic) bond motifs is 1. The van der Waals surface area contributed by atoms with Gasteiger partial charge in [0, 0.05) is 5.56 Å². The Kier molecular flexibility index (Phi) is 2.39. The molecule has 0 aliphatic heterocycles. The fourth-order valence-corrected chi connectivity index (χ4v) is 2.19. The third-order valence-electron chi connectivity index (χ3n) is 3.17. The molecular formula is C16H11N3O. The molecule has 20 heavy (non-hydrogen) atoms. The van der Waals surface area contributed by atoms with Crippen LogP contribution in [0.15, 0.2) is 71.3 Å². The largest absolute Gasteiger partial charge is 0.464 e. The van der Waals surface area contributed by atoms with Crippen LogP contribution in [0.1, 0.15) is 0 Å². The van der Waals surface area contributed by atoms with Crippen LogP contribution >= 0.6 is 0 Å². The van der Waals surface area contributed by atoms with Crippen LogP contribution in [0.3, 0.4) is 0 Å². The molecule has 0 bridgehead atoms. The van der Waals surface area contributed by atoms with Gasteiger partial charge in [-0.05, 0) is 42.5 Å². The molecule has 0 amide bonds. The van der Waals surface area contributed by atoms with Crippen molar-refractivity contribution < 1.29 is 4.42 Å². The SMILES string of the molecule is c1ccc(-n2nc3ccc(-c4ccco4)cc3n2)cc1. The van der Waals surface area contributed by atoms with Crippen LogP contribution in [0.4, 0.5) is 0 Å². The molecule has 0 saturated carbocycles. The molecule has 0 unspecified atom stereocenters. The number of nitrogens with zero attached hydrogens (tertiary/aromatic N) is 3. The summed E-state index contributed by atoms with van der Waals surface area (Å²) in [5.74, 6) is 0.834. The van der Waals surface area contributed by atoms with Gasteiger partial charge in [-0.3, -0.25) is 0 Å². The van der Waals surface area contributed by atoms with Gasteiger partial charge in [0.15, 0.2) is 0 Å². The van der Waals surface area contributed by atoms with Crippen LogP contribution < -0.4 is 0 Å². The molecule has 4 nitrogen and oxygen atoms in total. The Morgan fingerprint density at radius 1 is 0.800 bits per heavy atom. The van der Waals surface area contributed by atoms with Gasteiger partial charge in [0.25, 0.3) is 0 Å². The standard InChI is InChI=1S/C16H11N3O/c1-2-5-13(6-3-1)19-17-14-9-8-12(11-15(14)18-19)16-7-4-10-20-16/h1-11H. The third-order valence-corrected chi connectivity index (χ3v) is 3.17. The van der Waals surface area contributed by atoms with E-state index in [4.69, 9.17) is 4.42 Å². The fourth-order valence-electron chi connectivity index (χ4n) is 2.19. The van der Waals surface area contributed by atoms with Crippen molar-refractivity contribution in [3.05, 3.63) is 66.9 Å². The highest BCUT2D eigenvalue weighted by Crippen LogP contribution is 2.23. The van der Waals surface area contributed by atoms with Gasteiger partial charge in [0.1, 0.15) is 16.8 Å². The maximum Gasteiger partial charge on any atom is 0.133 e. The molecule has 0 aliphatic carbocycles. The van der Waals surface area contributed by atoms with Crippen molar-refractivity contribution in [3.8, 4) is 17.0 Å². The van der Waals surface area contributed by atoms with E-state index in [9.17, 15) is 0 Å². The maximum absolute atomic E-state index is 5.40. The van der Waals surface area contributed by atoms with Gasteiger partial charge in [0.05, 0.1) is 12.0 Å². The molecule has 96 valence electrons. The minimum atomic E-state index is 0.834. The molecule has 0 spiro atoms. The van der Waals surface area contributed by atoms with Crippen LogP contribution in [0.2, 0.25) is 0 Å². The van der Waals surface area contributed by atoms with Gasteiger partial charge in [0.2, 0.25) is 0 Å². The van der Waals surface area contributed by atoms with Crippen molar-refractivity contribution in [2.45, 2.75) is 0 Å². The van der Waals surface area contributed by atoms with E-state index in [1.54, 1.807) is 11.1 Å². The van der Waals surface area contributed by atoms with Crippen LogP contribution in [0, 0.1) is 0 Å². The number of hydrogen-bond acceptors (Lipinski definition) is 3. The third kappa shape index (κ3) is 1.78. The predicted molar refractivity (Wildman–Crippen MR) is 76.6 cm³/mol. The highest BCUT2D eigenvalue weighted by atomic mass is 16.3. The molecule has 4 aromatic rings. The number of furan rings is 1. The lowest BCUT2D eigenvalue weighted by atomic mass is 10.1. The molecular weight excluding hydrogens is 250 g/mol. The summed E-state index contributed by atoms with van der Waals surface area (Å²) in [5.41, 5.74) is 3.66. The van der Waals surface area contributed by atoms with E-state index in [-0.39, 0.29) is 0 Å². The first-order valence-corrected chi connectivity index (χ1v) is 6.36. The summed E-state index contributed by atoms with van der Waals surface area (Å²) in [5, 5.41) is 9.00. The molecule has 4 heteroatoms. The molecule has 2 heterocycles. The average Bonchev–Trinajstić information content (AvgIpc) is 3.16. The summed E-state index contributed by atoms with van der Waals surface area (Å²) < 4.78 is 5.40. The second-order valence-corrected chi connectivity index (χ2v) is 4.51. The Morgan fingerprint density at radius 3 is 2.45 bits per heavy atom. The summed E-state index contributed by atoms with van der Waals surface area (Å²) in [6.45, 7) is 0. The zero-order chi connectivity index (χ0) is 13.4. The minimum Gasteiger partial charge on any atom is -0.464 e. The first-order chi connectivity index (χ1) is 9.90. The Hall–Kier alpha value is -2.88. The normalized spacial score (nSPS) is 11.0. The van der Waals surface area contributed by atoms with Gasteiger partial charge in [-0.2, -0.15) is 4.80 Å². The van der Waals surface area contributed by atoms with Gasteiger partial charge >= 0.3 is 0 Å². The average molecular weight is 261 g/mol.